The van der Waals surface area contributed by atoms with Crippen LogP contribution < -0.4 is 9.46 Å². The summed E-state index contributed by atoms with van der Waals surface area (Å²) in [7, 11) is 3.27. The average molecular weight is 745 g/mol. The average Bonchev–Trinajstić information content (AvgIpc) is 3.60. The Balaban J connectivity index is 1.29. The summed E-state index contributed by atoms with van der Waals surface area (Å²) in [5.41, 5.74) is 4.45. The molecule has 0 radical (unpaired) electrons. The van der Waals surface area contributed by atoms with Gasteiger partial charge in [0, 0.05) is 85.7 Å². The zero-order chi connectivity index (χ0) is 37.5. The highest BCUT2D eigenvalue weighted by atomic mass is 32.2. The topological polar surface area (TPSA) is 119 Å². The number of nitrogens with one attached hydrogen (secondary N) is 1. The summed E-state index contributed by atoms with van der Waals surface area (Å²) in [6.07, 6.45) is 6.33. The van der Waals surface area contributed by atoms with Gasteiger partial charge in [0.2, 0.25) is 5.91 Å². The van der Waals surface area contributed by atoms with Gasteiger partial charge in [0.1, 0.15) is 5.75 Å². The fourth-order valence-electron chi connectivity index (χ4n) is 10.8. The maximum Gasteiger partial charge on any atom is 0.265 e. The number of methoxy groups -OCH3 is 3. The number of aromatic nitrogens is 1. The van der Waals surface area contributed by atoms with E-state index in [1.54, 1.807) is 27.4 Å². The lowest BCUT2D eigenvalue weighted by Gasteiger charge is -2.36. The number of nitrogens with zero attached hydrogens (tertiary/aromatic N) is 3. The van der Waals surface area contributed by atoms with Crippen LogP contribution in [0.15, 0.2) is 47.9 Å². The van der Waals surface area contributed by atoms with Gasteiger partial charge in [0.05, 0.1) is 36.3 Å². The molecule has 3 aliphatic heterocycles. The van der Waals surface area contributed by atoms with Crippen molar-refractivity contribution in [2.24, 2.45) is 16.2 Å². The van der Waals surface area contributed by atoms with E-state index >= 15 is 4.79 Å². The lowest BCUT2D eigenvalue weighted by atomic mass is 9.69. The molecule has 4 atom stereocenters. The van der Waals surface area contributed by atoms with Crippen LogP contribution in [-0.4, -0.2) is 102 Å². The predicted molar refractivity (Wildman–Crippen MR) is 203 cm³/mol. The van der Waals surface area contributed by atoms with Crippen LogP contribution in [0.1, 0.15) is 78.8 Å². The summed E-state index contributed by atoms with van der Waals surface area (Å²) >= 11 is 0. The van der Waals surface area contributed by atoms with Crippen LogP contribution in [0.2, 0.25) is 0 Å². The van der Waals surface area contributed by atoms with Crippen LogP contribution in [0.3, 0.4) is 0 Å². The van der Waals surface area contributed by atoms with Gasteiger partial charge >= 0.3 is 0 Å². The number of fused-ring (bicyclic) bond motifs is 8. The molecular formula is C41H52N4O7S. The van der Waals surface area contributed by atoms with Crippen LogP contribution in [0.25, 0.3) is 22.2 Å². The zero-order valence-corrected chi connectivity index (χ0v) is 32.4. The van der Waals surface area contributed by atoms with Gasteiger partial charge in [-0.3, -0.25) is 9.59 Å². The molecule has 284 valence electrons. The van der Waals surface area contributed by atoms with Crippen LogP contribution in [0.4, 0.5) is 0 Å². The van der Waals surface area contributed by atoms with Crippen molar-refractivity contribution in [1.29, 1.82) is 0 Å². The summed E-state index contributed by atoms with van der Waals surface area (Å²) in [4.78, 5) is 33.2. The first-order valence-electron chi connectivity index (χ1n) is 18.9. The molecule has 2 saturated carbocycles. The fourth-order valence-corrected chi connectivity index (χ4v) is 11.4. The Hall–Kier alpha value is -3.71. The highest BCUT2D eigenvalue weighted by molar-refractivity contribution is 7.93. The zero-order valence-electron chi connectivity index (χ0n) is 31.6. The third kappa shape index (κ3) is 5.57. The second-order valence-electron chi connectivity index (χ2n) is 16.7. The smallest absolute Gasteiger partial charge is 0.265 e. The molecule has 1 unspecified atom stereocenters. The van der Waals surface area contributed by atoms with E-state index in [-0.39, 0.29) is 33.1 Å². The lowest BCUT2D eigenvalue weighted by molar-refractivity contribution is -0.137. The Kier molecular flexibility index (Phi) is 8.87. The van der Waals surface area contributed by atoms with Crippen molar-refractivity contribution in [1.82, 2.24) is 19.1 Å². The standard InChI is InChI=1S/C41H52N4O7S/c1-26(2)53(48,49)42-37(46)28-12-14-31-34(16-28)45-23-41(38(47)44-21-39(24-50-4)19-43(3)20-40(39,22-44)25-51-5)18-33(41)32-17-29(52-6)13-15-30(32)36(45)35(31)27-10-8-7-9-11-27/h12-17,27,33H,1,7-11,18-25H2,2-6H3,(H,42,46)/t33-,39-,40+,41?/m0/s1. The normalized spacial score (nSPS) is 28.2. The number of likely N-dealkylation sites (tertiary alicyclic amines) is 2. The largest absolute Gasteiger partial charge is 0.497 e. The molecule has 12 heteroatoms. The molecule has 2 amide bonds. The first-order chi connectivity index (χ1) is 25.3. The molecule has 4 heterocycles. The Labute approximate surface area is 312 Å². The van der Waals surface area contributed by atoms with Crippen molar-refractivity contribution in [3.05, 3.63) is 64.6 Å². The maximum absolute atomic E-state index is 15.4. The van der Waals surface area contributed by atoms with Crippen molar-refractivity contribution in [2.75, 3.05) is 67.8 Å². The van der Waals surface area contributed by atoms with Gasteiger partial charge in [-0.1, -0.05) is 31.9 Å². The molecule has 8 rings (SSSR count). The van der Waals surface area contributed by atoms with Gasteiger partial charge in [-0.05, 0) is 80.6 Å². The van der Waals surface area contributed by atoms with Crippen LogP contribution in [-0.2, 0) is 30.8 Å². The Morgan fingerprint density at radius 1 is 0.925 bits per heavy atom. The Morgan fingerprint density at radius 2 is 1.60 bits per heavy atom. The maximum atomic E-state index is 15.4. The van der Waals surface area contributed by atoms with Crippen molar-refractivity contribution >= 4 is 32.7 Å². The second kappa shape index (κ2) is 13.0. The lowest BCUT2D eigenvalue weighted by Crippen LogP contribution is -2.46. The molecule has 11 nitrogen and oxygen atoms in total. The molecule has 0 spiro atoms. The summed E-state index contributed by atoms with van der Waals surface area (Å²) in [5, 5.41) is 1.05. The molecular weight excluding hydrogens is 693 g/mol. The predicted octanol–water partition coefficient (Wildman–Crippen LogP) is 5.50. The number of carbonyl (C=O) groups excluding carboxylic acids is 2. The van der Waals surface area contributed by atoms with Gasteiger partial charge < -0.3 is 28.6 Å². The fraction of sp³-hybridized carbons (Fsp3) is 0.561. The number of ether oxygens (including phenoxy) is 3. The minimum absolute atomic E-state index is 0.0127. The number of hydrogen-bond acceptors (Lipinski definition) is 8. The highest BCUT2D eigenvalue weighted by Gasteiger charge is 2.69. The van der Waals surface area contributed by atoms with E-state index in [1.165, 1.54) is 18.9 Å². The number of sulfonamides is 1. The van der Waals surface area contributed by atoms with E-state index in [4.69, 9.17) is 14.2 Å². The summed E-state index contributed by atoms with van der Waals surface area (Å²) in [5.74, 6) is 0.505. The van der Waals surface area contributed by atoms with Crippen LogP contribution in [0, 0.1) is 16.2 Å². The minimum atomic E-state index is -4.03. The van der Waals surface area contributed by atoms with E-state index in [0.717, 1.165) is 72.2 Å². The van der Waals surface area contributed by atoms with Crippen molar-refractivity contribution in [3.8, 4) is 17.0 Å². The van der Waals surface area contributed by atoms with E-state index in [2.05, 4.69) is 44.8 Å². The van der Waals surface area contributed by atoms with E-state index in [1.807, 2.05) is 18.2 Å². The van der Waals surface area contributed by atoms with Gasteiger partial charge in [-0.2, -0.15) is 0 Å². The molecule has 2 aliphatic carbocycles. The number of carbonyl (C=O) groups is 2. The van der Waals surface area contributed by atoms with E-state index in [9.17, 15) is 13.2 Å². The molecule has 5 aliphatic rings. The highest BCUT2D eigenvalue weighted by Crippen LogP contribution is 2.67. The Bertz CT molecular complexity index is 2100. The SMILES string of the molecule is C=C(C)S(=O)(=O)NC(=O)c1ccc2c(C3CCCCC3)c3n(c2c1)CC1(C(=O)N2C[C@]4(COC)CN(C)C[C@]4(COC)C2)C[C@H]1c1cc(OC)ccc1-3. The summed E-state index contributed by atoms with van der Waals surface area (Å²) in [6.45, 7) is 9.28. The van der Waals surface area contributed by atoms with E-state index in [0.29, 0.717) is 45.2 Å². The number of amides is 2. The monoisotopic (exact) mass is 744 g/mol. The molecule has 0 bridgehead atoms. The van der Waals surface area contributed by atoms with Gasteiger partial charge in [-0.15, -0.1) is 0 Å². The molecule has 4 fully saturated rings. The molecule has 3 aromatic rings. The number of allylic oxidation sites excluding steroid dienone is 1. The summed E-state index contributed by atoms with van der Waals surface area (Å²) < 4.78 is 47.3. The molecule has 1 aromatic heterocycles. The Morgan fingerprint density at radius 3 is 2.23 bits per heavy atom. The van der Waals surface area contributed by atoms with Crippen LogP contribution >= 0.6 is 0 Å². The number of benzene rings is 2. The second-order valence-corrected chi connectivity index (χ2v) is 18.6. The number of rotatable bonds is 10. The van der Waals surface area contributed by atoms with Crippen molar-refractivity contribution in [2.45, 2.75) is 63.8 Å². The third-order valence-corrected chi connectivity index (χ3v) is 14.7. The molecule has 53 heavy (non-hydrogen) atoms. The number of hydrogen-bond donors (Lipinski definition) is 1. The van der Waals surface area contributed by atoms with Gasteiger partial charge in [0.15, 0.2) is 0 Å². The molecule has 1 N–H and O–H groups in total. The third-order valence-electron chi connectivity index (χ3n) is 13.3. The van der Waals surface area contributed by atoms with Gasteiger partial charge in [0.25, 0.3) is 15.9 Å². The summed E-state index contributed by atoms with van der Waals surface area (Å²) in [6, 6.07) is 11.8. The van der Waals surface area contributed by atoms with Crippen LogP contribution in [0.5, 0.6) is 5.75 Å². The molecule has 2 saturated heterocycles. The quantitative estimate of drug-likeness (QED) is 0.289. The minimum Gasteiger partial charge on any atom is -0.497 e. The van der Waals surface area contributed by atoms with Gasteiger partial charge in [-0.25, -0.2) is 13.1 Å². The van der Waals surface area contributed by atoms with Crippen molar-refractivity contribution in [3.63, 3.8) is 0 Å². The first kappa shape index (κ1) is 36.3. The van der Waals surface area contributed by atoms with E-state index < -0.39 is 21.3 Å². The molecule has 2 aromatic carbocycles. The first-order valence-corrected chi connectivity index (χ1v) is 20.3. The van der Waals surface area contributed by atoms with Crippen molar-refractivity contribution < 1.29 is 32.2 Å².